The van der Waals surface area contributed by atoms with Crippen molar-refractivity contribution < 1.29 is 4.79 Å². The number of nitrogens with zero attached hydrogens (tertiary/aromatic N) is 6. The number of hydrogen-bond acceptors (Lipinski definition) is 6. The Kier molecular flexibility index (Phi) is 5.67. The lowest BCUT2D eigenvalue weighted by Gasteiger charge is -2.37. The molecule has 2 saturated heterocycles. The van der Waals surface area contributed by atoms with E-state index in [0.717, 1.165) is 45.1 Å². The van der Waals surface area contributed by atoms with Crippen molar-refractivity contribution in [3.63, 3.8) is 0 Å². The molecule has 0 bridgehead atoms. The lowest BCUT2D eigenvalue weighted by molar-refractivity contribution is 0.0740. The molecule has 2 aliphatic rings. The van der Waals surface area contributed by atoms with Crippen LogP contribution < -0.4 is 9.80 Å². The molecule has 0 saturated carbocycles. The van der Waals surface area contributed by atoms with Gasteiger partial charge in [-0.25, -0.2) is 9.97 Å². The Morgan fingerprint density at radius 1 is 0.862 bits per heavy atom. The average molecular weight is 395 g/mol. The number of anilines is 2. The molecule has 7 heteroatoms. The second kappa shape index (κ2) is 8.37. The Morgan fingerprint density at radius 2 is 1.55 bits per heavy atom. The van der Waals surface area contributed by atoms with E-state index in [-0.39, 0.29) is 5.91 Å². The zero-order chi connectivity index (χ0) is 20.4. The van der Waals surface area contributed by atoms with Gasteiger partial charge >= 0.3 is 0 Å². The lowest BCUT2D eigenvalue weighted by atomic mass is 10.1. The molecule has 0 radical (unpaired) electrons. The lowest BCUT2D eigenvalue weighted by Crippen LogP contribution is -2.49. The molecule has 154 valence electrons. The molecule has 0 N–H and O–H groups in total. The molecule has 1 amide bonds. The third-order valence-electron chi connectivity index (χ3n) is 6.17. The molecule has 0 unspecified atom stereocenters. The second-order valence-corrected chi connectivity index (χ2v) is 8.05. The van der Waals surface area contributed by atoms with Crippen LogP contribution >= 0.6 is 0 Å². The Labute approximate surface area is 172 Å². The van der Waals surface area contributed by atoms with Crippen LogP contribution in [0.25, 0.3) is 0 Å². The first kappa shape index (κ1) is 19.6. The summed E-state index contributed by atoms with van der Waals surface area (Å²) in [6, 6.07) is 6.41. The van der Waals surface area contributed by atoms with E-state index in [1.807, 2.05) is 4.90 Å². The smallest absolute Gasteiger partial charge is 0.274 e. The van der Waals surface area contributed by atoms with Crippen LogP contribution in [-0.2, 0) is 0 Å². The normalized spacial score (nSPS) is 18.2. The number of likely N-dealkylation sites (N-methyl/N-ethyl adjacent to an activating group) is 1. The van der Waals surface area contributed by atoms with E-state index >= 15 is 0 Å². The number of carbonyl (C=O) groups excluding carboxylic acids is 1. The summed E-state index contributed by atoms with van der Waals surface area (Å²) in [6.45, 7) is 11.3. The Balaban J connectivity index is 1.36. The van der Waals surface area contributed by atoms with Crippen LogP contribution in [0.4, 0.5) is 11.5 Å². The van der Waals surface area contributed by atoms with Gasteiger partial charge in [0.05, 0.1) is 12.4 Å². The molecular weight excluding hydrogens is 364 g/mol. The summed E-state index contributed by atoms with van der Waals surface area (Å²) in [4.78, 5) is 30.6. The average Bonchev–Trinajstić information content (AvgIpc) is 2.76. The fraction of sp³-hybridized carbons (Fsp3) is 0.500. The highest BCUT2D eigenvalue weighted by atomic mass is 16.2. The predicted octanol–water partition coefficient (Wildman–Crippen LogP) is 1.81. The molecule has 2 fully saturated rings. The van der Waals surface area contributed by atoms with Crippen molar-refractivity contribution in [1.29, 1.82) is 0 Å². The molecule has 1 aromatic carbocycles. The number of rotatable bonds is 3. The van der Waals surface area contributed by atoms with Gasteiger partial charge < -0.3 is 19.6 Å². The summed E-state index contributed by atoms with van der Waals surface area (Å²) in [5.41, 5.74) is 4.32. The monoisotopic (exact) mass is 394 g/mol. The summed E-state index contributed by atoms with van der Waals surface area (Å²) in [6.07, 6.45) is 3.37. The predicted molar refractivity (Wildman–Crippen MR) is 116 cm³/mol. The van der Waals surface area contributed by atoms with Crippen LogP contribution in [0, 0.1) is 13.8 Å². The number of aryl methyl sites for hydroxylation is 1. The number of aromatic nitrogens is 2. The van der Waals surface area contributed by atoms with E-state index in [1.54, 1.807) is 12.4 Å². The third-order valence-corrected chi connectivity index (χ3v) is 6.17. The van der Waals surface area contributed by atoms with Crippen molar-refractivity contribution >= 4 is 17.4 Å². The fourth-order valence-electron chi connectivity index (χ4n) is 4.02. The van der Waals surface area contributed by atoms with Crippen molar-refractivity contribution in [3.8, 4) is 0 Å². The van der Waals surface area contributed by atoms with Gasteiger partial charge in [-0.3, -0.25) is 4.79 Å². The number of piperazine rings is 2. The van der Waals surface area contributed by atoms with E-state index in [4.69, 9.17) is 0 Å². The Morgan fingerprint density at radius 3 is 2.21 bits per heavy atom. The summed E-state index contributed by atoms with van der Waals surface area (Å²) < 4.78 is 0. The van der Waals surface area contributed by atoms with Crippen LogP contribution in [0.1, 0.15) is 21.6 Å². The van der Waals surface area contributed by atoms with Gasteiger partial charge in [0.1, 0.15) is 11.5 Å². The Bertz CT molecular complexity index is 852. The van der Waals surface area contributed by atoms with Crippen molar-refractivity contribution in [2.24, 2.45) is 0 Å². The molecule has 3 heterocycles. The first-order valence-corrected chi connectivity index (χ1v) is 10.4. The van der Waals surface area contributed by atoms with Crippen molar-refractivity contribution in [2.45, 2.75) is 13.8 Å². The maximum absolute atomic E-state index is 12.9. The van der Waals surface area contributed by atoms with Crippen LogP contribution in [0.2, 0.25) is 0 Å². The molecular formula is C22H30N6O. The topological polar surface area (TPSA) is 55.8 Å². The minimum atomic E-state index is -0.0250. The van der Waals surface area contributed by atoms with Crippen molar-refractivity contribution in [3.05, 3.63) is 47.4 Å². The summed E-state index contributed by atoms with van der Waals surface area (Å²) in [5.74, 6) is 0.831. The quantitative estimate of drug-likeness (QED) is 0.791. The molecule has 4 rings (SSSR count). The highest BCUT2D eigenvalue weighted by Crippen LogP contribution is 2.24. The van der Waals surface area contributed by atoms with Gasteiger partial charge in [0, 0.05) is 58.0 Å². The molecule has 7 nitrogen and oxygen atoms in total. The van der Waals surface area contributed by atoms with Crippen LogP contribution in [0.15, 0.2) is 30.6 Å². The zero-order valence-electron chi connectivity index (χ0n) is 17.6. The number of carbonyl (C=O) groups is 1. The largest absolute Gasteiger partial charge is 0.368 e. The summed E-state index contributed by atoms with van der Waals surface area (Å²) in [5, 5.41) is 0. The van der Waals surface area contributed by atoms with Gasteiger partial charge in [-0.1, -0.05) is 12.1 Å². The van der Waals surface area contributed by atoms with Gasteiger partial charge in [-0.05, 0) is 38.1 Å². The third kappa shape index (κ3) is 4.19. The van der Waals surface area contributed by atoms with Gasteiger partial charge in [-0.2, -0.15) is 0 Å². The highest BCUT2D eigenvalue weighted by molar-refractivity contribution is 5.92. The van der Waals surface area contributed by atoms with Crippen LogP contribution in [0.5, 0.6) is 0 Å². The van der Waals surface area contributed by atoms with Gasteiger partial charge in [-0.15, -0.1) is 0 Å². The first-order chi connectivity index (χ1) is 14.0. The first-order valence-electron chi connectivity index (χ1n) is 10.4. The van der Waals surface area contributed by atoms with Gasteiger partial charge in [0.2, 0.25) is 0 Å². The number of amides is 1. The minimum Gasteiger partial charge on any atom is -0.368 e. The summed E-state index contributed by atoms with van der Waals surface area (Å²) >= 11 is 0. The zero-order valence-corrected chi connectivity index (χ0v) is 17.6. The van der Waals surface area contributed by atoms with E-state index in [0.29, 0.717) is 18.8 Å². The molecule has 0 spiro atoms. The molecule has 2 aliphatic heterocycles. The maximum atomic E-state index is 12.9. The highest BCUT2D eigenvalue weighted by Gasteiger charge is 2.24. The van der Waals surface area contributed by atoms with E-state index in [2.05, 4.69) is 63.8 Å². The number of benzene rings is 1. The van der Waals surface area contributed by atoms with Crippen molar-refractivity contribution in [2.75, 3.05) is 69.2 Å². The van der Waals surface area contributed by atoms with E-state index < -0.39 is 0 Å². The molecule has 1 aromatic heterocycles. The number of hydrogen-bond donors (Lipinski definition) is 0. The summed E-state index contributed by atoms with van der Waals surface area (Å²) in [7, 11) is 2.13. The molecule has 29 heavy (non-hydrogen) atoms. The van der Waals surface area contributed by atoms with Crippen LogP contribution in [-0.4, -0.2) is 85.1 Å². The van der Waals surface area contributed by atoms with Gasteiger partial charge in [0.15, 0.2) is 0 Å². The fourth-order valence-corrected chi connectivity index (χ4v) is 4.02. The van der Waals surface area contributed by atoms with E-state index in [9.17, 15) is 4.79 Å². The van der Waals surface area contributed by atoms with Crippen molar-refractivity contribution in [1.82, 2.24) is 19.8 Å². The minimum absolute atomic E-state index is 0.0250. The molecule has 0 aliphatic carbocycles. The maximum Gasteiger partial charge on any atom is 0.274 e. The Hall–Kier alpha value is -2.67. The molecule has 0 atom stereocenters. The SMILES string of the molecule is Cc1cccc(N2CCN(C(=O)c3cnc(N4CCN(C)CC4)cn3)CC2)c1C. The van der Waals surface area contributed by atoms with Crippen LogP contribution in [0.3, 0.4) is 0 Å². The standard InChI is InChI=1S/C22H30N6O/c1-17-5-4-6-20(18(17)2)26-11-13-28(14-12-26)22(29)19-15-24-21(16-23-19)27-9-7-25(3)8-10-27/h4-6,15-16H,7-14H2,1-3H3. The van der Waals surface area contributed by atoms with E-state index in [1.165, 1.54) is 16.8 Å². The van der Waals surface area contributed by atoms with Gasteiger partial charge in [0.25, 0.3) is 5.91 Å². The second-order valence-electron chi connectivity index (χ2n) is 8.05. The molecule has 2 aromatic rings.